The second-order valence-electron chi connectivity index (χ2n) is 9.48. The summed E-state index contributed by atoms with van der Waals surface area (Å²) in [6.07, 6.45) is 7.73. The molecule has 0 radical (unpaired) electrons. The maximum absolute atomic E-state index is 13.2. The second-order valence-corrected chi connectivity index (χ2v) is 9.48. The Kier molecular flexibility index (Phi) is 6.41. The van der Waals surface area contributed by atoms with Gasteiger partial charge < -0.3 is 15.3 Å². The van der Waals surface area contributed by atoms with Gasteiger partial charge in [-0.25, -0.2) is 19.0 Å². The molecular weight excluding hydrogens is 458 g/mol. The van der Waals surface area contributed by atoms with Gasteiger partial charge in [0.25, 0.3) is 5.91 Å². The van der Waals surface area contributed by atoms with Crippen LogP contribution in [-0.2, 0) is 0 Å². The first kappa shape index (κ1) is 23.5. The fourth-order valence-corrected chi connectivity index (χ4v) is 4.85. The summed E-state index contributed by atoms with van der Waals surface area (Å²) >= 11 is 0. The number of carbonyl (C=O) groups is 2. The highest BCUT2D eigenvalue weighted by molar-refractivity contribution is 6.07. The van der Waals surface area contributed by atoms with E-state index in [0.29, 0.717) is 29.5 Å². The zero-order valence-corrected chi connectivity index (χ0v) is 20.3. The Morgan fingerprint density at radius 2 is 1.92 bits per heavy atom. The monoisotopic (exact) mass is 487 g/mol. The minimum Gasteiger partial charge on any atom is -0.465 e. The molecule has 0 bridgehead atoms. The average molecular weight is 488 g/mol. The van der Waals surface area contributed by atoms with Gasteiger partial charge in [-0.2, -0.15) is 10.2 Å². The molecule has 1 aliphatic rings. The molecule has 0 saturated heterocycles. The van der Waals surface area contributed by atoms with Crippen molar-refractivity contribution in [3.8, 4) is 5.69 Å². The van der Waals surface area contributed by atoms with Crippen LogP contribution in [0, 0.1) is 12.8 Å². The third-order valence-corrected chi connectivity index (χ3v) is 6.90. The number of hydrogen-bond donors (Lipinski definition) is 2. The molecule has 0 aliphatic heterocycles. The van der Waals surface area contributed by atoms with Crippen molar-refractivity contribution in [3.05, 3.63) is 71.8 Å². The van der Waals surface area contributed by atoms with Crippen LogP contribution in [-0.4, -0.2) is 60.0 Å². The van der Waals surface area contributed by atoms with E-state index in [1.807, 2.05) is 37.3 Å². The number of carbonyl (C=O) groups excluding carboxylic acids is 1. The molecule has 1 fully saturated rings. The Hall–Kier alpha value is -4.21. The molecule has 4 aromatic rings. The van der Waals surface area contributed by atoms with E-state index in [-0.39, 0.29) is 11.8 Å². The number of hydrogen-bond acceptors (Lipinski definition) is 5. The summed E-state index contributed by atoms with van der Waals surface area (Å²) < 4.78 is 3.34. The Morgan fingerprint density at radius 1 is 1.17 bits per heavy atom. The molecule has 2 amide bonds. The molecule has 2 N–H and O–H groups in total. The van der Waals surface area contributed by atoms with Gasteiger partial charge in [-0.1, -0.05) is 17.7 Å². The molecule has 186 valence electrons. The van der Waals surface area contributed by atoms with E-state index in [1.54, 1.807) is 34.7 Å². The Balaban J connectivity index is 1.39. The van der Waals surface area contributed by atoms with Gasteiger partial charge in [-0.05, 0) is 56.7 Å². The summed E-state index contributed by atoms with van der Waals surface area (Å²) in [5.41, 5.74) is 3.79. The van der Waals surface area contributed by atoms with Gasteiger partial charge in [0, 0.05) is 38.0 Å². The molecule has 3 aromatic heterocycles. The van der Waals surface area contributed by atoms with Crippen LogP contribution in [0.2, 0.25) is 0 Å². The van der Waals surface area contributed by atoms with Crippen molar-refractivity contribution in [2.24, 2.45) is 5.92 Å². The quantitative estimate of drug-likeness (QED) is 0.417. The molecule has 10 heteroatoms. The van der Waals surface area contributed by atoms with E-state index in [9.17, 15) is 9.59 Å². The first-order valence-electron chi connectivity index (χ1n) is 12.1. The van der Waals surface area contributed by atoms with Gasteiger partial charge in [0.2, 0.25) is 0 Å². The van der Waals surface area contributed by atoms with E-state index in [0.717, 1.165) is 42.6 Å². The minimum atomic E-state index is -0.893. The summed E-state index contributed by atoms with van der Waals surface area (Å²) in [4.78, 5) is 30.0. The third-order valence-electron chi connectivity index (χ3n) is 6.90. The summed E-state index contributed by atoms with van der Waals surface area (Å²) in [6, 6.07) is 11.7. The van der Waals surface area contributed by atoms with Gasteiger partial charge in [0.15, 0.2) is 5.65 Å². The number of rotatable bonds is 6. The fraction of sp³-hybridized carbons (Fsp3) is 0.346. The van der Waals surface area contributed by atoms with Crippen LogP contribution in [0.15, 0.2) is 55.0 Å². The van der Waals surface area contributed by atoms with Crippen LogP contribution >= 0.6 is 0 Å². The van der Waals surface area contributed by atoms with Crippen LogP contribution in [0.5, 0.6) is 0 Å². The fourth-order valence-electron chi connectivity index (χ4n) is 4.85. The molecular formula is C26H29N7O3. The average Bonchev–Trinajstić information content (AvgIpc) is 3.49. The van der Waals surface area contributed by atoms with Crippen LogP contribution in [0.4, 0.5) is 10.6 Å². The highest BCUT2D eigenvalue weighted by Gasteiger charge is 2.27. The van der Waals surface area contributed by atoms with Crippen molar-refractivity contribution >= 4 is 23.5 Å². The largest absolute Gasteiger partial charge is 0.465 e. The van der Waals surface area contributed by atoms with Gasteiger partial charge in [-0.15, -0.1) is 0 Å². The highest BCUT2D eigenvalue weighted by Crippen LogP contribution is 2.37. The summed E-state index contributed by atoms with van der Waals surface area (Å²) in [7, 11) is 1.62. The molecule has 3 heterocycles. The first-order chi connectivity index (χ1) is 17.4. The summed E-state index contributed by atoms with van der Waals surface area (Å²) in [5.74, 6) is 0.881. The molecule has 1 aliphatic carbocycles. The Bertz CT molecular complexity index is 1380. The molecule has 1 aromatic carbocycles. The van der Waals surface area contributed by atoms with Crippen molar-refractivity contribution in [1.82, 2.24) is 29.3 Å². The molecule has 10 nitrogen and oxygen atoms in total. The second kappa shape index (κ2) is 9.80. The van der Waals surface area contributed by atoms with Crippen LogP contribution in [0.1, 0.15) is 53.2 Å². The summed E-state index contributed by atoms with van der Waals surface area (Å²) in [6.45, 7) is 2.58. The van der Waals surface area contributed by atoms with Gasteiger partial charge >= 0.3 is 6.09 Å². The number of benzene rings is 1. The smallest absolute Gasteiger partial charge is 0.407 e. The number of aromatic nitrogens is 5. The lowest BCUT2D eigenvalue weighted by Gasteiger charge is -2.29. The first-order valence-corrected chi connectivity index (χ1v) is 12.1. The predicted octanol–water partition coefficient (Wildman–Crippen LogP) is 4.36. The number of anilines is 1. The highest BCUT2D eigenvalue weighted by atomic mass is 16.4. The molecule has 0 spiro atoms. The maximum Gasteiger partial charge on any atom is 0.407 e. The number of nitrogens with zero attached hydrogens (tertiary/aromatic N) is 6. The SMILES string of the molecule is Cc1ccc(-n2nc(C3CCC(CN(C)C(=O)O)CC3)cc2NC(=O)c2cnn3cccnc23)cc1. The molecule has 1 saturated carbocycles. The van der Waals surface area contributed by atoms with E-state index < -0.39 is 6.09 Å². The molecule has 36 heavy (non-hydrogen) atoms. The van der Waals surface area contributed by atoms with Crippen molar-refractivity contribution in [3.63, 3.8) is 0 Å². The lowest BCUT2D eigenvalue weighted by molar-refractivity contribution is 0.102. The number of amides is 2. The van der Waals surface area contributed by atoms with Gasteiger partial charge in [-0.3, -0.25) is 4.79 Å². The van der Waals surface area contributed by atoms with Gasteiger partial charge in [0.1, 0.15) is 11.4 Å². The third kappa shape index (κ3) is 4.79. The molecule has 0 unspecified atom stereocenters. The maximum atomic E-state index is 13.2. The van der Waals surface area contributed by atoms with Crippen molar-refractivity contribution in [1.29, 1.82) is 0 Å². The topological polar surface area (TPSA) is 118 Å². The van der Waals surface area contributed by atoms with E-state index in [4.69, 9.17) is 10.2 Å². The van der Waals surface area contributed by atoms with E-state index in [2.05, 4.69) is 15.4 Å². The van der Waals surface area contributed by atoms with Crippen molar-refractivity contribution < 1.29 is 14.7 Å². The van der Waals surface area contributed by atoms with Crippen LogP contribution in [0.25, 0.3) is 11.3 Å². The Morgan fingerprint density at radius 3 is 2.64 bits per heavy atom. The van der Waals surface area contributed by atoms with Crippen molar-refractivity contribution in [2.45, 2.75) is 38.5 Å². The zero-order chi connectivity index (χ0) is 25.2. The summed E-state index contributed by atoms with van der Waals surface area (Å²) in [5, 5.41) is 21.3. The lowest BCUT2D eigenvalue weighted by atomic mass is 9.80. The van der Waals surface area contributed by atoms with E-state index >= 15 is 0 Å². The van der Waals surface area contributed by atoms with Gasteiger partial charge in [0.05, 0.1) is 17.6 Å². The zero-order valence-electron chi connectivity index (χ0n) is 20.3. The van der Waals surface area contributed by atoms with E-state index in [1.165, 1.54) is 11.1 Å². The van der Waals surface area contributed by atoms with Crippen molar-refractivity contribution in [2.75, 3.05) is 18.9 Å². The number of nitrogens with one attached hydrogen (secondary N) is 1. The standard InChI is InChI=1S/C26H29N7O3/c1-17-4-10-20(11-5-17)33-23(29-25(34)21-15-28-32-13-3-12-27-24(21)32)14-22(30-33)19-8-6-18(7-9-19)16-31(2)26(35)36/h3-5,10-15,18-19H,6-9,16H2,1-2H3,(H,29,34)(H,35,36). The number of aryl methyl sites for hydroxylation is 1. The normalized spacial score (nSPS) is 17.7. The minimum absolute atomic E-state index is 0.248. The van der Waals surface area contributed by atoms with Crippen LogP contribution in [0.3, 0.4) is 0 Å². The number of fused-ring (bicyclic) bond motifs is 1. The molecule has 0 atom stereocenters. The number of carboxylic acid groups (broad SMARTS) is 1. The lowest BCUT2D eigenvalue weighted by Crippen LogP contribution is -2.32. The predicted molar refractivity (Wildman–Crippen MR) is 135 cm³/mol. The molecule has 5 rings (SSSR count). The Labute approximate surface area is 208 Å². The van der Waals surface area contributed by atoms with Crippen LogP contribution < -0.4 is 5.32 Å².